The van der Waals surface area contributed by atoms with Crippen molar-refractivity contribution in [2.45, 2.75) is 30.8 Å². The van der Waals surface area contributed by atoms with Crippen LogP contribution in [0, 0.1) is 11.3 Å². The van der Waals surface area contributed by atoms with Gasteiger partial charge in [-0.2, -0.15) is 0 Å². The van der Waals surface area contributed by atoms with Gasteiger partial charge in [0, 0.05) is 11.3 Å². The summed E-state index contributed by atoms with van der Waals surface area (Å²) in [5.74, 6) is 0.00403. The first kappa shape index (κ1) is 14.6. The second-order valence-electron chi connectivity index (χ2n) is 6.55. The minimum Gasteiger partial charge on any atom is -0.395 e. The smallest absolute Gasteiger partial charge is 0.108 e. The molecule has 0 aromatic heterocycles. The predicted molar refractivity (Wildman–Crippen MR) is 79.2 cm³/mol. The number of fused-ring (bicyclic) bond motifs is 5. The van der Waals surface area contributed by atoms with Crippen molar-refractivity contribution >= 4 is 0 Å². The Balaban J connectivity index is 1.79. The van der Waals surface area contributed by atoms with Crippen LogP contribution in [0.1, 0.15) is 6.42 Å². The summed E-state index contributed by atoms with van der Waals surface area (Å²) < 4.78 is 17.3. The first-order chi connectivity index (χ1) is 10.7. The van der Waals surface area contributed by atoms with Crippen LogP contribution in [0.5, 0.6) is 0 Å². The van der Waals surface area contributed by atoms with Gasteiger partial charge in [0.05, 0.1) is 38.6 Å². The first-order valence-corrected chi connectivity index (χ1v) is 7.87. The molecule has 4 rings (SSSR count). The molecule has 3 saturated heterocycles. The number of allylic oxidation sites excluding steroid dienone is 1. The molecule has 6 unspecified atom stereocenters. The average molecular weight is 306 g/mol. The Labute approximate surface area is 129 Å². The van der Waals surface area contributed by atoms with Crippen LogP contribution in [-0.4, -0.2) is 61.1 Å². The molecule has 0 aromatic carbocycles. The highest BCUT2D eigenvalue weighted by molar-refractivity contribution is 5.41. The topological polar surface area (TPSA) is 74.8 Å². The standard InChI is InChI=1S/C17H22O5/c1-2-3-11-10(6-18)4-5-17(9-19)14(11)15-12(21-15)7-20-8-13-16(17)22-13/h2,4-5,12-16,18-19H,1,3,6-9H2. The number of epoxide rings is 2. The maximum atomic E-state index is 10.2. The molecule has 22 heavy (non-hydrogen) atoms. The summed E-state index contributed by atoms with van der Waals surface area (Å²) in [5.41, 5.74) is 1.52. The zero-order chi connectivity index (χ0) is 15.3. The Bertz CT molecular complexity index is 539. The van der Waals surface area contributed by atoms with E-state index in [0.29, 0.717) is 19.6 Å². The summed E-state index contributed by atoms with van der Waals surface area (Å²) in [7, 11) is 0. The Morgan fingerprint density at radius 3 is 2.82 bits per heavy atom. The van der Waals surface area contributed by atoms with E-state index in [4.69, 9.17) is 14.2 Å². The maximum absolute atomic E-state index is 10.2. The molecule has 0 spiro atoms. The van der Waals surface area contributed by atoms with Crippen molar-refractivity contribution in [1.29, 1.82) is 0 Å². The molecule has 120 valence electrons. The third-order valence-electron chi connectivity index (χ3n) is 5.40. The van der Waals surface area contributed by atoms with Gasteiger partial charge in [-0.15, -0.1) is 6.58 Å². The molecule has 5 nitrogen and oxygen atoms in total. The molecule has 2 N–H and O–H groups in total. The molecule has 3 fully saturated rings. The van der Waals surface area contributed by atoms with Gasteiger partial charge >= 0.3 is 0 Å². The van der Waals surface area contributed by atoms with Crippen LogP contribution in [0.4, 0.5) is 0 Å². The molecule has 6 atom stereocenters. The summed E-state index contributed by atoms with van der Waals surface area (Å²) in [6.45, 7) is 4.94. The second-order valence-corrected chi connectivity index (χ2v) is 6.55. The van der Waals surface area contributed by atoms with Gasteiger partial charge in [0.2, 0.25) is 0 Å². The number of aliphatic hydroxyl groups is 2. The molecule has 0 radical (unpaired) electrons. The molecular weight excluding hydrogens is 284 g/mol. The van der Waals surface area contributed by atoms with Gasteiger partial charge < -0.3 is 24.4 Å². The van der Waals surface area contributed by atoms with Crippen molar-refractivity contribution in [2.24, 2.45) is 11.3 Å². The van der Waals surface area contributed by atoms with Crippen LogP contribution < -0.4 is 0 Å². The monoisotopic (exact) mass is 306 g/mol. The lowest BCUT2D eigenvalue weighted by atomic mass is 9.63. The summed E-state index contributed by atoms with van der Waals surface area (Å²) >= 11 is 0. The van der Waals surface area contributed by atoms with Gasteiger partial charge in [0.1, 0.15) is 12.2 Å². The highest BCUT2D eigenvalue weighted by atomic mass is 16.6. The lowest BCUT2D eigenvalue weighted by Gasteiger charge is -2.40. The van der Waals surface area contributed by atoms with Gasteiger partial charge in [-0.05, 0) is 12.0 Å². The van der Waals surface area contributed by atoms with E-state index in [1.165, 1.54) is 0 Å². The summed E-state index contributed by atoms with van der Waals surface area (Å²) in [5, 5.41) is 19.9. The molecule has 0 bridgehead atoms. The van der Waals surface area contributed by atoms with Crippen molar-refractivity contribution in [3.05, 3.63) is 36.0 Å². The van der Waals surface area contributed by atoms with Gasteiger partial charge in [-0.3, -0.25) is 0 Å². The third-order valence-corrected chi connectivity index (χ3v) is 5.40. The van der Waals surface area contributed by atoms with E-state index in [0.717, 1.165) is 11.1 Å². The number of ether oxygens (including phenoxy) is 3. The Kier molecular flexibility index (Phi) is 3.51. The van der Waals surface area contributed by atoms with E-state index in [9.17, 15) is 10.2 Å². The maximum Gasteiger partial charge on any atom is 0.108 e. The van der Waals surface area contributed by atoms with Gasteiger partial charge in [0.15, 0.2) is 0 Å². The number of hydrogen-bond donors (Lipinski definition) is 2. The summed E-state index contributed by atoms with van der Waals surface area (Å²) in [4.78, 5) is 0. The fraction of sp³-hybridized carbons (Fsp3) is 0.647. The molecular formula is C17H22O5. The fourth-order valence-corrected chi connectivity index (χ4v) is 4.20. The SMILES string of the molecule is C=CCC1=C(CO)C=CC2(CO)C3OC3COCC3OC3C12. The molecule has 3 heterocycles. The van der Waals surface area contributed by atoms with Crippen LogP contribution in [0.2, 0.25) is 0 Å². The minimum atomic E-state index is -0.491. The zero-order valence-electron chi connectivity index (χ0n) is 12.5. The van der Waals surface area contributed by atoms with Crippen molar-refractivity contribution in [1.82, 2.24) is 0 Å². The fourth-order valence-electron chi connectivity index (χ4n) is 4.20. The number of aliphatic hydroxyl groups excluding tert-OH is 2. The van der Waals surface area contributed by atoms with Crippen LogP contribution in [0.15, 0.2) is 36.0 Å². The normalized spacial score (nSPS) is 45.8. The van der Waals surface area contributed by atoms with Crippen LogP contribution in [-0.2, 0) is 14.2 Å². The lowest BCUT2D eigenvalue weighted by Crippen LogP contribution is -2.45. The van der Waals surface area contributed by atoms with E-state index < -0.39 is 5.41 Å². The van der Waals surface area contributed by atoms with E-state index in [-0.39, 0.29) is 43.5 Å². The molecule has 4 aliphatic rings. The van der Waals surface area contributed by atoms with Gasteiger partial charge in [-0.1, -0.05) is 23.8 Å². The van der Waals surface area contributed by atoms with E-state index in [1.807, 2.05) is 18.2 Å². The predicted octanol–water partition coefficient (Wildman–Crippen LogP) is 0.581. The lowest BCUT2D eigenvalue weighted by molar-refractivity contribution is 0.0716. The van der Waals surface area contributed by atoms with Crippen LogP contribution in [0.3, 0.4) is 0 Å². The highest BCUT2D eigenvalue weighted by Crippen LogP contribution is 2.56. The molecule has 0 saturated carbocycles. The molecule has 0 aromatic rings. The summed E-state index contributed by atoms with van der Waals surface area (Å²) in [6.07, 6.45) is 6.54. The van der Waals surface area contributed by atoms with Crippen molar-refractivity contribution in [3.63, 3.8) is 0 Å². The number of rotatable bonds is 4. The Morgan fingerprint density at radius 2 is 2.09 bits per heavy atom. The van der Waals surface area contributed by atoms with E-state index in [2.05, 4.69) is 6.58 Å². The second kappa shape index (κ2) is 5.28. The molecule has 1 aliphatic carbocycles. The average Bonchev–Trinajstić information content (AvgIpc) is 3.44. The van der Waals surface area contributed by atoms with Gasteiger partial charge in [0.25, 0.3) is 0 Å². The molecule has 0 amide bonds. The minimum absolute atomic E-state index is 0.00125. The zero-order valence-corrected chi connectivity index (χ0v) is 12.5. The quantitative estimate of drug-likeness (QED) is 0.587. The number of hydrogen-bond acceptors (Lipinski definition) is 5. The van der Waals surface area contributed by atoms with Gasteiger partial charge in [-0.25, -0.2) is 0 Å². The van der Waals surface area contributed by atoms with Crippen molar-refractivity contribution in [3.8, 4) is 0 Å². The van der Waals surface area contributed by atoms with Crippen molar-refractivity contribution in [2.75, 3.05) is 26.4 Å². The highest BCUT2D eigenvalue weighted by Gasteiger charge is 2.64. The van der Waals surface area contributed by atoms with Crippen molar-refractivity contribution < 1.29 is 24.4 Å². The summed E-state index contributed by atoms with van der Waals surface area (Å²) in [6, 6.07) is 0. The van der Waals surface area contributed by atoms with Crippen LogP contribution in [0.25, 0.3) is 0 Å². The Hall–Kier alpha value is -0.980. The first-order valence-electron chi connectivity index (χ1n) is 7.87. The van der Waals surface area contributed by atoms with E-state index in [1.54, 1.807) is 0 Å². The largest absolute Gasteiger partial charge is 0.395 e. The third kappa shape index (κ3) is 2.04. The van der Waals surface area contributed by atoms with Crippen LogP contribution >= 0.6 is 0 Å². The Morgan fingerprint density at radius 1 is 1.27 bits per heavy atom. The van der Waals surface area contributed by atoms with E-state index >= 15 is 0 Å². The molecule has 3 aliphatic heterocycles. The molecule has 5 heteroatoms.